The molecule has 2 nitrogen and oxygen atoms in total. The number of unbranched alkanes of at least 4 members (excludes halogenated alkanes) is 1. The van der Waals surface area contributed by atoms with Crippen LogP contribution in [0.4, 0.5) is 0 Å². The average molecular weight is 260 g/mol. The summed E-state index contributed by atoms with van der Waals surface area (Å²) < 4.78 is 0. The van der Waals surface area contributed by atoms with Gasteiger partial charge >= 0.3 is 0 Å². The summed E-state index contributed by atoms with van der Waals surface area (Å²) in [5, 5.41) is 3.86. The zero-order valence-corrected chi connectivity index (χ0v) is 12.4. The maximum atomic E-state index is 6.25. The molecule has 0 heterocycles. The first-order valence-electron chi connectivity index (χ1n) is 7.86. The van der Waals surface area contributed by atoms with Crippen LogP contribution in [0.3, 0.4) is 0 Å². The van der Waals surface area contributed by atoms with E-state index in [2.05, 4.69) is 43.4 Å². The van der Waals surface area contributed by atoms with E-state index in [9.17, 15) is 0 Å². The van der Waals surface area contributed by atoms with Gasteiger partial charge in [0.15, 0.2) is 0 Å². The van der Waals surface area contributed by atoms with Gasteiger partial charge in [0.1, 0.15) is 0 Å². The minimum absolute atomic E-state index is 0.210. The highest BCUT2D eigenvalue weighted by Crippen LogP contribution is 2.37. The zero-order valence-electron chi connectivity index (χ0n) is 12.4. The normalized spacial score (nSPS) is 23.3. The van der Waals surface area contributed by atoms with Gasteiger partial charge in [-0.1, -0.05) is 57.4 Å². The van der Waals surface area contributed by atoms with Crippen LogP contribution in [0.1, 0.15) is 75.6 Å². The quantitative estimate of drug-likeness (QED) is 0.775. The molecule has 0 radical (unpaired) electrons. The minimum Gasteiger partial charge on any atom is -0.324 e. The Morgan fingerprint density at radius 3 is 2.58 bits per heavy atom. The Balaban J connectivity index is 2.02. The lowest BCUT2D eigenvalue weighted by Crippen LogP contribution is -2.32. The Kier molecular flexibility index (Phi) is 5.41. The SMILES string of the molecule is CCCCC(CCC)NC1CC(N)c2ccccc21. The van der Waals surface area contributed by atoms with Gasteiger partial charge in [-0.3, -0.25) is 0 Å². The van der Waals surface area contributed by atoms with Crippen LogP contribution in [0.25, 0.3) is 0 Å². The number of benzene rings is 1. The van der Waals surface area contributed by atoms with Gasteiger partial charge in [-0.25, -0.2) is 0 Å². The third-order valence-electron chi connectivity index (χ3n) is 4.24. The molecule has 2 rings (SSSR count). The fourth-order valence-electron chi connectivity index (χ4n) is 3.23. The molecular formula is C17H28N2. The van der Waals surface area contributed by atoms with Gasteiger partial charge in [0.25, 0.3) is 0 Å². The molecular weight excluding hydrogens is 232 g/mol. The highest BCUT2D eigenvalue weighted by atomic mass is 15.0. The molecule has 106 valence electrons. The van der Waals surface area contributed by atoms with E-state index in [0.29, 0.717) is 12.1 Å². The zero-order chi connectivity index (χ0) is 13.7. The summed E-state index contributed by atoms with van der Waals surface area (Å²) in [7, 11) is 0. The lowest BCUT2D eigenvalue weighted by atomic mass is 10.0. The predicted octanol–water partition coefficient (Wildman–Crippen LogP) is 4.08. The topological polar surface area (TPSA) is 38.0 Å². The van der Waals surface area contributed by atoms with Crippen LogP contribution in [-0.4, -0.2) is 6.04 Å². The summed E-state index contributed by atoms with van der Waals surface area (Å²) in [6, 6.07) is 9.97. The molecule has 0 aromatic heterocycles. The standard InChI is InChI=1S/C17H28N2/c1-3-5-9-13(8-4-2)19-17-12-16(18)14-10-6-7-11-15(14)17/h6-7,10-11,13,16-17,19H,3-5,8-9,12,18H2,1-2H3. The highest BCUT2D eigenvalue weighted by molar-refractivity contribution is 5.37. The Labute approximate surface area is 117 Å². The van der Waals surface area contributed by atoms with Crippen LogP contribution in [0.5, 0.6) is 0 Å². The van der Waals surface area contributed by atoms with Crippen molar-refractivity contribution in [3.8, 4) is 0 Å². The number of rotatable bonds is 7. The molecule has 3 N–H and O–H groups in total. The molecule has 0 fully saturated rings. The molecule has 3 unspecified atom stereocenters. The van der Waals surface area contributed by atoms with E-state index < -0.39 is 0 Å². The monoisotopic (exact) mass is 260 g/mol. The summed E-state index contributed by atoms with van der Waals surface area (Å²) in [6.45, 7) is 4.54. The van der Waals surface area contributed by atoms with Crippen molar-refractivity contribution < 1.29 is 0 Å². The van der Waals surface area contributed by atoms with Gasteiger partial charge in [0.05, 0.1) is 0 Å². The lowest BCUT2D eigenvalue weighted by molar-refractivity contribution is 0.373. The van der Waals surface area contributed by atoms with E-state index in [4.69, 9.17) is 5.73 Å². The number of fused-ring (bicyclic) bond motifs is 1. The van der Waals surface area contributed by atoms with Crippen molar-refractivity contribution in [1.82, 2.24) is 5.32 Å². The fourth-order valence-corrected chi connectivity index (χ4v) is 3.23. The predicted molar refractivity (Wildman–Crippen MR) is 82.1 cm³/mol. The van der Waals surface area contributed by atoms with Crippen molar-refractivity contribution in [3.63, 3.8) is 0 Å². The molecule has 1 aliphatic carbocycles. The van der Waals surface area contributed by atoms with Gasteiger partial charge in [-0.15, -0.1) is 0 Å². The van der Waals surface area contributed by atoms with Crippen LogP contribution >= 0.6 is 0 Å². The minimum atomic E-state index is 0.210. The van der Waals surface area contributed by atoms with Crippen molar-refractivity contribution >= 4 is 0 Å². The van der Waals surface area contributed by atoms with Gasteiger partial charge in [-0.05, 0) is 30.4 Å². The first kappa shape index (κ1) is 14.5. The van der Waals surface area contributed by atoms with Crippen LogP contribution in [0.2, 0.25) is 0 Å². The Morgan fingerprint density at radius 2 is 1.89 bits per heavy atom. The Morgan fingerprint density at radius 1 is 1.16 bits per heavy atom. The summed E-state index contributed by atoms with van der Waals surface area (Å²) in [6.07, 6.45) is 7.46. The molecule has 1 aliphatic rings. The van der Waals surface area contributed by atoms with Crippen molar-refractivity contribution in [2.24, 2.45) is 5.73 Å². The summed E-state index contributed by atoms with van der Waals surface area (Å²) in [5.74, 6) is 0. The smallest absolute Gasteiger partial charge is 0.0344 e. The third-order valence-corrected chi connectivity index (χ3v) is 4.24. The molecule has 0 saturated heterocycles. The second-order valence-electron chi connectivity index (χ2n) is 5.82. The van der Waals surface area contributed by atoms with E-state index >= 15 is 0 Å². The second kappa shape index (κ2) is 7.06. The van der Waals surface area contributed by atoms with Crippen molar-refractivity contribution in [2.45, 2.75) is 70.5 Å². The van der Waals surface area contributed by atoms with E-state index in [1.165, 1.54) is 43.2 Å². The van der Waals surface area contributed by atoms with E-state index in [1.807, 2.05) is 0 Å². The molecule has 3 atom stereocenters. The number of hydrogen-bond donors (Lipinski definition) is 2. The summed E-state index contributed by atoms with van der Waals surface area (Å²) in [4.78, 5) is 0. The average Bonchev–Trinajstić information content (AvgIpc) is 2.74. The van der Waals surface area contributed by atoms with Crippen molar-refractivity contribution in [2.75, 3.05) is 0 Å². The molecule has 19 heavy (non-hydrogen) atoms. The lowest BCUT2D eigenvalue weighted by Gasteiger charge is -2.23. The van der Waals surface area contributed by atoms with Crippen LogP contribution in [0, 0.1) is 0 Å². The van der Waals surface area contributed by atoms with E-state index in [-0.39, 0.29) is 6.04 Å². The first-order chi connectivity index (χ1) is 9.26. The molecule has 0 saturated carbocycles. The Hall–Kier alpha value is -0.860. The van der Waals surface area contributed by atoms with E-state index in [0.717, 1.165) is 6.42 Å². The second-order valence-corrected chi connectivity index (χ2v) is 5.82. The molecule has 0 spiro atoms. The highest BCUT2D eigenvalue weighted by Gasteiger charge is 2.29. The van der Waals surface area contributed by atoms with Crippen LogP contribution in [-0.2, 0) is 0 Å². The van der Waals surface area contributed by atoms with E-state index in [1.54, 1.807) is 0 Å². The summed E-state index contributed by atoms with van der Waals surface area (Å²) in [5.41, 5.74) is 9.01. The molecule has 1 aromatic rings. The maximum absolute atomic E-state index is 6.25. The third kappa shape index (κ3) is 3.58. The molecule has 2 heteroatoms. The fraction of sp³-hybridized carbons (Fsp3) is 0.647. The van der Waals surface area contributed by atoms with Gasteiger partial charge in [0, 0.05) is 18.1 Å². The number of nitrogens with two attached hydrogens (primary N) is 1. The van der Waals surface area contributed by atoms with Crippen molar-refractivity contribution in [1.29, 1.82) is 0 Å². The molecule has 0 aliphatic heterocycles. The number of nitrogens with one attached hydrogen (secondary N) is 1. The molecule has 0 bridgehead atoms. The van der Waals surface area contributed by atoms with Gasteiger partial charge < -0.3 is 11.1 Å². The van der Waals surface area contributed by atoms with Crippen molar-refractivity contribution in [3.05, 3.63) is 35.4 Å². The molecule has 1 aromatic carbocycles. The van der Waals surface area contributed by atoms with Crippen LogP contribution < -0.4 is 11.1 Å². The first-order valence-corrected chi connectivity index (χ1v) is 7.86. The van der Waals surface area contributed by atoms with Crippen LogP contribution in [0.15, 0.2) is 24.3 Å². The summed E-state index contributed by atoms with van der Waals surface area (Å²) >= 11 is 0. The molecule has 0 amide bonds. The maximum Gasteiger partial charge on any atom is 0.0344 e. The van der Waals surface area contributed by atoms with Gasteiger partial charge in [0.2, 0.25) is 0 Å². The Bertz CT molecular complexity index is 389. The van der Waals surface area contributed by atoms with Gasteiger partial charge in [-0.2, -0.15) is 0 Å². The number of hydrogen-bond acceptors (Lipinski definition) is 2. The largest absolute Gasteiger partial charge is 0.324 e.